The smallest absolute Gasteiger partial charge is 0.259 e. The molecule has 0 aliphatic carbocycles. The fourth-order valence-electron chi connectivity index (χ4n) is 2.76. The molecule has 6 nitrogen and oxygen atoms in total. The molecule has 0 radical (unpaired) electrons. The van der Waals surface area contributed by atoms with Gasteiger partial charge in [0.1, 0.15) is 11.4 Å². The van der Waals surface area contributed by atoms with Crippen molar-refractivity contribution in [3.05, 3.63) is 47.2 Å². The lowest BCUT2D eigenvalue weighted by Gasteiger charge is -2.21. The Hall–Kier alpha value is -1.74. The highest BCUT2D eigenvalue weighted by atomic mass is 32.2. The summed E-state index contributed by atoms with van der Waals surface area (Å²) in [6.07, 6.45) is 1.49. The molecule has 1 atom stereocenters. The van der Waals surface area contributed by atoms with Gasteiger partial charge in [-0.15, -0.1) is 11.3 Å². The molecule has 1 aromatic carbocycles. The van der Waals surface area contributed by atoms with Gasteiger partial charge in [-0.25, -0.2) is 18.1 Å². The zero-order valence-electron chi connectivity index (χ0n) is 15.2. The standard InChI is InChI=1S/C18H23N3O3S2/c1-12(2)17-20-16(10-21(17)4)26(23,24)19-11-18(3,22)15-9-13-7-5-6-8-14(13)25-15/h5-10,12,19,22H,11H2,1-4H3/t18-/m0/s1. The Morgan fingerprint density at radius 1 is 1.35 bits per heavy atom. The Morgan fingerprint density at radius 3 is 2.65 bits per heavy atom. The van der Waals surface area contributed by atoms with Gasteiger partial charge in [-0.1, -0.05) is 32.0 Å². The van der Waals surface area contributed by atoms with Crippen LogP contribution in [0.3, 0.4) is 0 Å². The van der Waals surface area contributed by atoms with E-state index < -0.39 is 15.6 Å². The van der Waals surface area contributed by atoms with Crippen molar-refractivity contribution >= 4 is 31.4 Å². The maximum Gasteiger partial charge on any atom is 0.259 e. The summed E-state index contributed by atoms with van der Waals surface area (Å²) in [6, 6.07) is 9.71. The van der Waals surface area contributed by atoms with Crippen LogP contribution in [0.4, 0.5) is 0 Å². The van der Waals surface area contributed by atoms with E-state index >= 15 is 0 Å². The first kappa shape index (κ1) is 19.0. The average Bonchev–Trinajstić information content (AvgIpc) is 3.17. The normalized spacial score (nSPS) is 14.8. The lowest BCUT2D eigenvalue weighted by Crippen LogP contribution is -2.38. The van der Waals surface area contributed by atoms with Gasteiger partial charge in [-0.3, -0.25) is 0 Å². The van der Waals surface area contributed by atoms with Crippen molar-refractivity contribution in [2.75, 3.05) is 6.54 Å². The fraction of sp³-hybridized carbons (Fsp3) is 0.389. The van der Waals surface area contributed by atoms with Crippen LogP contribution in [0.2, 0.25) is 0 Å². The molecule has 2 heterocycles. The first-order valence-electron chi connectivity index (χ1n) is 8.34. The van der Waals surface area contributed by atoms with Gasteiger partial charge in [-0.05, 0) is 24.4 Å². The van der Waals surface area contributed by atoms with Crippen LogP contribution < -0.4 is 4.72 Å². The summed E-state index contributed by atoms with van der Waals surface area (Å²) in [4.78, 5) is 4.94. The lowest BCUT2D eigenvalue weighted by molar-refractivity contribution is 0.0666. The number of nitrogens with zero attached hydrogens (tertiary/aromatic N) is 2. The van der Waals surface area contributed by atoms with Crippen molar-refractivity contribution in [1.82, 2.24) is 14.3 Å². The Balaban J connectivity index is 1.80. The number of thiophene rings is 1. The van der Waals surface area contributed by atoms with Gasteiger partial charge in [0.2, 0.25) is 0 Å². The van der Waals surface area contributed by atoms with E-state index in [4.69, 9.17) is 0 Å². The molecule has 0 saturated carbocycles. The highest BCUT2D eigenvalue weighted by Gasteiger charge is 2.29. The summed E-state index contributed by atoms with van der Waals surface area (Å²) < 4.78 is 30.4. The molecule has 0 unspecified atom stereocenters. The molecule has 0 amide bonds. The molecule has 2 N–H and O–H groups in total. The minimum Gasteiger partial charge on any atom is -0.383 e. The first-order valence-corrected chi connectivity index (χ1v) is 10.6. The van der Waals surface area contributed by atoms with E-state index in [2.05, 4.69) is 9.71 Å². The van der Waals surface area contributed by atoms with E-state index in [1.54, 1.807) is 18.5 Å². The van der Waals surface area contributed by atoms with Crippen molar-refractivity contribution in [3.8, 4) is 0 Å². The minimum absolute atomic E-state index is 0.0316. The number of imidazole rings is 1. The summed E-state index contributed by atoms with van der Waals surface area (Å²) in [7, 11) is -2.03. The molecule has 0 aliphatic heterocycles. The van der Waals surface area contributed by atoms with E-state index in [1.165, 1.54) is 17.5 Å². The molecule has 140 valence electrons. The highest BCUT2D eigenvalue weighted by Crippen LogP contribution is 2.33. The molecule has 2 aromatic heterocycles. The van der Waals surface area contributed by atoms with Crippen LogP contribution in [0.25, 0.3) is 10.1 Å². The SMILES string of the molecule is CC(C)c1nc(S(=O)(=O)NC[C@](C)(O)c2cc3ccccc3s2)cn1C. The number of sulfonamides is 1. The third kappa shape index (κ3) is 3.68. The predicted molar refractivity (Wildman–Crippen MR) is 104 cm³/mol. The number of benzene rings is 1. The summed E-state index contributed by atoms with van der Waals surface area (Å²) in [6.45, 7) is 5.39. The molecule has 26 heavy (non-hydrogen) atoms. The summed E-state index contributed by atoms with van der Waals surface area (Å²) >= 11 is 1.46. The average molecular weight is 394 g/mol. The zero-order valence-corrected chi connectivity index (χ0v) is 16.9. The molecular formula is C18H23N3O3S2. The topological polar surface area (TPSA) is 84.2 Å². The first-order chi connectivity index (χ1) is 12.1. The molecule has 0 saturated heterocycles. The van der Waals surface area contributed by atoms with Gasteiger partial charge >= 0.3 is 0 Å². The van der Waals surface area contributed by atoms with Crippen LogP contribution in [0.5, 0.6) is 0 Å². The minimum atomic E-state index is -3.80. The molecule has 3 rings (SSSR count). The fourth-order valence-corrected chi connectivity index (χ4v) is 5.00. The van der Waals surface area contributed by atoms with E-state index in [0.29, 0.717) is 10.7 Å². The van der Waals surface area contributed by atoms with Crippen molar-refractivity contribution in [1.29, 1.82) is 0 Å². The number of rotatable bonds is 6. The second kappa shape index (κ2) is 6.77. The lowest BCUT2D eigenvalue weighted by atomic mass is 10.1. The van der Waals surface area contributed by atoms with Crippen molar-refractivity contribution in [2.24, 2.45) is 7.05 Å². The quantitative estimate of drug-likeness (QED) is 0.674. The number of hydrogen-bond acceptors (Lipinski definition) is 5. The third-order valence-electron chi connectivity index (χ3n) is 4.24. The van der Waals surface area contributed by atoms with Crippen LogP contribution in [-0.2, 0) is 22.7 Å². The van der Waals surface area contributed by atoms with E-state index in [1.807, 2.05) is 44.2 Å². The van der Waals surface area contributed by atoms with Gasteiger partial charge in [0, 0.05) is 35.3 Å². The predicted octanol–water partition coefficient (Wildman–Crippen LogP) is 2.94. The van der Waals surface area contributed by atoms with Crippen molar-refractivity contribution in [3.63, 3.8) is 0 Å². The molecular weight excluding hydrogens is 370 g/mol. The number of aryl methyl sites for hydroxylation is 1. The highest BCUT2D eigenvalue weighted by molar-refractivity contribution is 7.89. The molecule has 8 heteroatoms. The van der Waals surface area contributed by atoms with Crippen LogP contribution >= 0.6 is 11.3 Å². The number of nitrogens with one attached hydrogen (secondary N) is 1. The van der Waals surface area contributed by atoms with Crippen molar-refractivity contribution < 1.29 is 13.5 Å². The summed E-state index contributed by atoms with van der Waals surface area (Å²) in [5, 5.41) is 11.8. The van der Waals surface area contributed by atoms with Gasteiger partial charge in [0.15, 0.2) is 5.03 Å². The van der Waals surface area contributed by atoms with E-state index in [-0.39, 0.29) is 17.5 Å². The van der Waals surface area contributed by atoms with Crippen molar-refractivity contribution in [2.45, 2.75) is 37.3 Å². The summed E-state index contributed by atoms with van der Waals surface area (Å²) in [5.41, 5.74) is -1.31. The molecule has 0 aliphatic rings. The van der Waals surface area contributed by atoms with E-state index in [0.717, 1.165) is 10.1 Å². The maximum atomic E-state index is 12.6. The largest absolute Gasteiger partial charge is 0.383 e. The maximum absolute atomic E-state index is 12.6. The Morgan fingerprint density at radius 2 is 2.04 bits per heavy atom. The zero-order chi connectivity index (χ0) is 19.1. The molecule has 3 aromatic rings. The monoisotopic (exact) mass is 393 g/mol. The number of fused-ring (bicyclic) bond motifs is 1. The molecule has 0 spiro atoms. The molecule has 0 bridgehead atoms. The molecule has 0 fully saturated rings. The van der Waals surface area contributed by atoms with Crippen LogP contribution in [0, 0.1) is 0 Å². The van der Waals surface area contributed by atoms with Crippen LogP contribution in [0.1, 0.15) is 37.4 Å². The van der Waals surface area contributed by atoms with Crippen LogP contribution in [-0.4, -0.2) is 29.6 Å². The van der Waals surface area contributed by atoms with Gasteiger partial charge in [0.05, 0.1) is 0 Å². The summed E-state index contributed by atoms with van der Waals surface area (Å²) in [5.74, 6) is 0.812. The number of hydrogen-bond donors (Lipinski definition) is 2. The van der Waals surface area contributed by atoms with Gasteiger partial charge in [-0.2, -0.15) is 0 Å². The number of aromatic nitrogens is 2. The van der Waals surface area contributed by atoms with E-state index in [9.17, 15) is 13.5 Å². The third-order valence-corrected chi connectivity index (χ3v) is 6.89. The Bertz CT molecular complexity index is 1000. The number of aliphatic hydroxyl groups is 1. The Labute approximate surface area is 157 Å². The van der Waals surface area contributed by atoms with Gasteiger partial charge < -0.3 is 9.67 Å². The second-order valence-corrected chi connectivity index (χ2v) is 9.75. The van der Waals surface area contributed by atoms with Crippen LogP contribution in [0.15, 0.2) is 41.6 Å². The Kier molecular flexibility index (Phi) is 4.96. The second-order valence-electron chi connectivity index (χ2n) is 6.95. The van der Waals surface area contributed by atoms with Gasteiger partial charge in [0.25, 0.3) is 10.0 Å².